The lowest BCUT2D eigenvalue weighted by Gasteiger charge is -2.18. The summed E-state index contributed by atoms with van der Waals surface area (Å²) in [4.78, 5) is 25.2. The van der Waals surface area contributed by atoms with E-state index in [0.717, 1.165) is 34.7 Å². The molecule has 5 heteroatoms. The van der Waals surface area contributed by atoms with E-state index < -0.39 is 12.1 Å². The molecule has 0 saturated heterocycles. The Hall–Kier alpha value is -3.34. The van der Waals surface area contributed by atoms with Gasteiger partial charge >= 0.3 is 5.97 Å². The van der Waals surface area contributed by atoms with Gasteiger partial charge in [-0.1, -0.05) is 32.0 Å². The first-order chi connectivity index (χ1) is 14.8. The van der Waals surface area contributed by atoms with E-state index >= 15 is 0 Å². The number of aromatic nitrogens is 1. The smallest absolute Gasteiger partial charge is 0.338 e. The number of esters is 1. The van der Waals surface area contributed by atoms with E-state index in [9.17, 15) is 9.59 Å². The summed E-state index contributed by atoms with van der Waals surface area (Å²) in [5.74, 6) is -0.551. The van der Waals surface area contributed by atoms with Crippen molar-refractivity contribution in [3.8, 4) is 5.69 Å². The Morgan fingerprint density at radius 1 is 0.935 bits per heavy atom. The van der Waals surface area contributed by atoms with Crippen LogP contribution in [0.3, 0.4) is 0 Å². The summed E-state index contributed by atoms with van der Waals surface area (Å²) in [5, 5.41) is 2.90. The van der Waals surface area contributed by atoms with Crippen molar-refractivity contribution in [3.63, 3.8) is 0 Å². The molecular weight excluding hydrogens is 388 g/mol. The SMILES string of the molecule is CC[C@@H](C)c1ccccc1NC(=O)[C@H](C)OC(=O)c1ccc(-n2c(C)ccc2C)cc1. The molecule has 0 aliphatic carbocycles. The quantitative estimate of drug-likeness (QED) is 0.494. The number of rotatable bonds is 7. The van der Waals surface area contributed by atoms with E-state index in [1.807, 2.05) is 50.2 Å². The van der Waals surface area contributed by atoms with Gasteiger partial charge in [0.15, 0.2) is 6.10 Å². The van der Waals surface area contributed by atoms with Gasteiger partial charge in [0.05, 0.1) is 5.56 Å². The van der Waals surface area contributed by atoms with Crippen molar-refractivity contribution in [2.24, 2.45) is 0 Å². The Balaban J connectivity index is 1.66. The molecule has 1 heterocycles. The second-order valence-corrected chi connectivity index (χ2v) is 7.93. The molecule has 0 radical (unpaired) electrons. The number of nitrogens with one attached hydrogen (secondary N) is 1. The summed E-state index contributed by atoms with van der Waals surface area (Å²) in [5.41, 5.74) is 5.45. The number of para-hydroxylation sites is 1. The van der Waals surface area contributed by atoms with Gasteiger partial charge in [0.25, 0.3) is 5.91 Å². The van der Waals surface area contributed by atoms with Gasteiger partial charge in [-0.2, -0.15) is 0 Å². The molecule has 162 valence electrons. The second kappa shape index (κ2) is 9.65. The predicted octanol–water partition coefficient (Wildman–Crippen LogP) is 5.79. The molecule has 0 aliphatic heterocycles. The fraction of sp³-hybridized carbons (Fsp3) is 0.308. The molecule has 0 unspecified atom stereocenters. The lowest BCUT2D eigenvalue weighted by molar-refractivity contribution is -0.123. The van der Waals surface area contributed by atoms with Crippen LogP contribution in [0.4, 0.5) is 5.69 Å². The summed E-state index contributed by atoms with van der Waals surface area (Å²) < 4.78 is 7.53. The third-order valence-corrected chi connectivity index (χ3v) is 5.65. The van der Waals surface area contributed by atoms with Crippen LogP contribution < -0.4 is 5.32 Å². The molecule has 0 bridgehead atoms. The average molecular weight is 419 g/mol. The lowest BCUT2D eigenvalue weighted by Crippen LogP contribution is -2.30. The van der Waals surface area contributed by atoms with E-state index in [1.165, 1.54) is 0 Å². The van der Waals surface area contributed by atoms with Crippen LogP contribution >= 0.6 is 0 Å². The number of anilines is 1. The third kappa shape index (κ3) is 5.05. The van der Waals surface area contributed by atoms with Gasteiger partial charge in [-0.15, -0.1) is 0 Å². The van der Waals surface area contributed by atoms with Gasteiger partial charge in [0.1, 0.15) is 0 Å². The predicted molar refractivity (Wildman–Crippen MR) is 124 cm³/mol. The number of nitrogens with zero attached hydrogens (tertiary/aromatic N) is 1. The second-order valence-electron chi connectivity index (χ2n) is 7.93. The van der Waals surface area contributed by atoms with Crippen LogP contribution in [0.2, 0.25) is 0 Å². The van der Waals surface area contributed by atoms with Gasteiger partial charge in [-0.25, -0.2) is 4.79 Å². The zero-order valence-electron chi connectivity index (χ0n) is 18.8. The summed E-state index contributed by atoms with van der Waals surface area (Å²) in [6.45, 7) is 9.89. The molecule has 2 atom stereocenters. The van der Waals surface area contributed by atoms with E-state index in [0.29, 0.717) is 11.5 Å². The van der Waals surface area contributed by atoms with Crippen molar-refractivity contribution in [3.05, 3.63) is 83.2 Å². The van der Waals surface area contributed by atoms with E-state index in [1.54, 1.807) is 19.1 Å². The monoisotopic (exact) mass is 418 g/mol. The molecule has 5 nitrogen and oxygen atoms in total. The van der Waals surface area contributed by atoms with Crippen molar-refractivity contribution in [2.75, 3.05) is 5.32 Å². The maximum absolute atomic E-state index is 12.6. The van der Waals surface area contributed by atoms with Crippen molar-refractivity contribution >= 4 is 17.6 Å². The minimum atomic E-state index is -0.911. The molecule has 1 N–H and O–H groups in total. The standard InChI is InChI=1S/C26H30N2O3/c1-6-17(2)23-9-7-8-10-24(23)27-25(29)20(5)31-26(30)21-13-15-22(16-14-21)28-18(3)11-12-19(28)4/h7-17,20H,6H2,1-5H3,(H,27,29)/t17-,20+/m1/s1. The highest BCUT2D eigenvalue weighted by Crippen LogP contribution is 2.26. The summed E-state index contributed by atoms with van der Waals surface area (Å²) in [6, 6.07) is 19.0. The Morgan fingerprint density at radius 3 is 2.16 bits per heavy atom. The van der Waals surface area contributed by atoms with Crippen LogP contribution in [0.5, 0.6) is 0 Å². The third-order valence-electron chi connectivity index (χ3n) is 5.65. The molecule has 0 aliphatic rings. The Bertz CT molecular complexity index is 1050. The molecule has 3 aromatic rings. The minimum Gasteiger partial charge on any atom is -0.449 e. The highest BCUT2D eigenvalue weighted by molar-refractivity contribution is 5.97. The number of hydrogen-bond donors (Lipinski definition) is 1. The molecule has 1 aromatic heterocycles. The van der Waals surface area contributed by atoms with Crippen LogP contribution in [0.25, 0.3) is 5.69 Å². The molecule has 3 rings (SSSR count). The van der Waals surface area contributed by atoms with Crippen LogP contribution in [-0.2, 0) is 9.53 Å². The van der Waals surface area contributed by atoms with Crippen molar-refractivity contribution in [1.82, 2.24) is 4.57 Å². The minimum absolute atomic E-state index is 0.320. The topological polar surface area (TPSA) is 60.3 Å². The maximum Gasteiger partial charge on any atom is 0.338 e. The Kier molecular flexibility index (Phi) is 6.95. The van der Waals surface area contributed by atoms with E-state index in [-0.39, 0.29) is 5.91 Å². The number of carbonyl (C=O) groups is 2. The average Bonchev–Trinajstić information content (AvgIpc) is 3.11. The van der Waals surface area contributed by atoms with E-state index in [2.05, 4.69) is 35.9 Å². The number of benzene rings is 2. The molecule has 0 fully saturated rings. The molecule has 31 heavy (non-hydrogen) atoms. The normalized spacial score (nSPS) is 12.8. The van der Waals surface area contributed by atoms with Crippen LogP contribution in [0.15, 0.2) is 60.7 Å². The van der Waals surface area contributed by atoms with Crippen molar-refractivity contribution in [2.45, 2.75) is 53.1 Å². The Labute approximate surface area is 184 Å². The molecule has 0 spiro atoms. The zero-order chi connectivity index (χ0) is 22.5. The van der Waals surface area contributed by atoms with Gasteiger partial charge < -0.3 is 14.6 Å². The van der Waals surface area contributed by atoms with Crippen LogP contribution in [0.1, 0.15) is 60.4 Å². The molecule has 0 saturated carbocycles. The first kappa shape index (κ1) is 22.3. The highest BCUT2D eigenvalue weighted by Gasteiger charge is 2.20. The first-order valence-corrected chi connectivity index (χ1v) is 10.7. The largest absolute Gasteiger partial charge is 0.449 e. The molecule has 2 aromatic carbocycles. The lowest BCUT2D eigenvalue weighted by atomic mass is 9.97. The summed E-state index contributed by atoms with van der Waals surface area (Å²) in [6.07, 6.45) is 0.0567. The van der Waals surface area contributed by atoms with E-state index in [4.69, 9.17) is 4.74 Å². The van der Waals surface area contributed by atoms with Gasteiger partial charge in [-0.05, 0) is 81.1 Å². The van der Waals surface area contributed by atoms with Crippen LogP contribution in [-0.4, -0.2) is 22.5 Å². The fourth-order valence-electron chi connectivity index (χ4n) is 3.60. The summed E-state index contributed by atoms with van der Waals surface area (Å²) in [7, 11) is 0. The first-order valence-electron chi connectivity index (χ1n) is 10.7. The number of amides is 1. The van der Waals surface area contributed by atoms with Gasteiger partial charge in [-0.3, -0.25) is 4.79 Å². The van der Waals surface area contributed by atoms with Gasteiger partial charge in [0, 0.05) is 22.8 Å². The van der Waals surface area contributed by atoms with Crippen molar-refractivity contribution < 1.29 is 14.3 Å². The van der Waals surface area contributed by atoms with Crippen molar-refractivity contribution in [1.29, 1.82) is 0 Å². The number of aryl methyl sites for hydroxylation is 2. The maximum atomic E-state index is 12.6. The highest BCUT2D eigenvalue weighted by atomic mass is 16.5. The molecule has 1 amide bonds. The number of hydrogen-bond acceptors (Lipinski definition) is 3. The number of carbonyl (C=O) groups excluding carboxylic acids is 2. The Morgan fingerprint density at radius 2 is 1.55 bits per heavy atom. The molecular formula is C26H30N2O3. The summed E-state index contributed by atoms with van der Waals surface area (Å²) >= 11 is 0. The zero-order valence-corrected chi connectivity index (χ0v) is 18.8. The van der Waals surface area contributed by atoms with Crippen LogP contribution in [0, 0.1) is 13.8 Å². The number of ether oxygens (including phenoxy) is 1. The fourth-order valence-corrected chi connectivity index (χ4v) is 3.60. The van der Waals surface area contributed by atoms with Gasteiger partial charge in [0.2, 0.25) is 0 Å².